The summed E-state index contributed by atoms with van der Waals surface area (Å²) in [5.74, 6) is 0.304. The smallest absolute Gasteiger partial charge is 0.224 e. The van der Waals surface area contributed by atoms with E-state index in [1.807, 2.05) is 18.2 Å². The van der Waals surface area contributed by atoms with Crippen molar-refractivity contribution in [2.45, 2.75) is 38.3 Å². The zero-order valence-electron chi connectivity index (χ0n) is 14.2. The van der Waals surface area contributed by atoms with E-state index in [2.05, 4.69) is 28.1 Å². The topological polar surface area (TPSA) is 35.6 Å². The van der Waals surface area contributed by atoms with Crippen molar-refractivity contribution in [2.75, 3.05) is 32.7 Å². The largest absolute Gasteiger partial charge is 0.340 e. The summed E-state index contributed by atoms with van der Waals surface area (Å²) in [5.41, 5.74) is 1.23. The lowest BCUT2D eigenvalue weighted by Crippen LogP contribution is -2.47. The van der Waals surface area contributed by atoms with Crippen LogP contribution < -0.4 is 5.32 Å². The highest BCUT2D eigenvalue weighted by Crippen LogP contribution is 2.25. The zero-order chi connectivity index (χ0) is 16.2. The fourth-order valence-electron chi connectivity index (χ4n) is 3.74. The van der Waals surface area contributed by atoms with Gasteiger partial charge in [-0.2, -0.15) is 0 Å². The van der Waals surface area contributed by atoms with Crippen LogP contribution in [0.4, 0.5) is 0 Å². The number of piperazine rings is 1. The Balaban J connectivity index is 0.00000208. The van der Waals surface area contributed by atoms with Crippen molar-refractivity contribution >= 4 is 29.9 Å². The van der Waals surface area contributed by atoms with Crippen molar-refractivity contribution < 1.29 is 4.79 Å². The van der Waals surface area contributed by atoms with Gasteiger partial charge in [0, 0.05) is 56.3 Å². The Kier molecular flexibility index (Phi) is 7.35. The molecule has 2 heterocycles. The lowest BCUT2D eigenvalue weighted by atomic mass is 10.0. The molecule has 2 aliphatic heterocycles. The third-order valence-electron chi connectivity index (χ3n) is 5.07. The number of benzene rings is 1. The molecule has 134 valence electrons. The Morgan fingerprint density at radius 3 is 2.92 bits per heavy atom. The minimum atomic E-state index is 0. The van der Waals surface area contributed by atoms with Crippen LogP contribution >= 0.6 is 24.0 Å². The van der Waals surface area contributed by atoms with E-state index in [1.54, 1.807) is 0 Å². The molecule has 2 atom stereocenters. The summed E-state index contributed by atoms with van der Waals surface area (Å²) >= 11 is 6.14. The Hall–Kier alpha value is -0.810. The summed E-state index contributed by atoms with van der Waals surface area (Å²) in [6.45, 7) is 6.77. The summed E-state index contributed by atoms with van der Waals surface area (Å²) in [4.78, 5) is 16.9. The second kappa shape index (κ2) is 9.04. The lowest BCUT2D eigenvalue weighted by Gasteiger charge is -2.37. The number of carbonyl (C=O) groups excluding carboxylic acids is 1. The molecule has 0 bridgehead atoms. The summed E-state index contributed by atoms with van der Waals surface area (Å²) in [7, 11) is 0. The van der Waals surface area contributed by atoms with Gasteiger partial charge in [0.1, 0.15) is 0 Å². The molecule has 0 aromatic heterocycles. The van der Waals surface area contributed by atoms with Crippen molar-refractivity contribution in [3.8, 4) is 0 Å². The van der Waals surface area contributed by atoms with Crippen LogP contribution in [-0.2, 0) is 4.79 Å². The second-order valence-corrected chi connectivity index (χ2v) is 7.08. The first kappa shape index (κ1) is 19.5. The molecule has 2 aliphatic rings. The summed E-state index contributed by atoms with van der Waals surface area (Å²) < 4.78 is 0. The van der Waals surface area contributed by atoms with E-state index in [-0.39, 0.29) is 12.4 Å². The van der Waals surface area contributed by atoms with Gasteiger partial charge in [0.05, 0.1) is 0 Å². The molecular weight excluding hydrogens is 345 g/mol. The fourth-order valence-corrected chi connectivity index (χ4v) is 3.94. The molecule has 2 fully saturated rings. The second-order valence-electron chi connectivity index (χ2n) is 6.64. The SMILES string of the molecule is CC1CCCN1C(=O)CCN1CCNCC1c1cccc(Cl)c1.Cl. The van der Waals surface area contributed by atoms with E-state index in [1.165, 1.54) is 5.56 Å². The molecule has 0 radical (unpaired) electrons. The third-order valence-corrected chi connectivity index (χ3v) is 5.31. The fraction of sp³-hybridized carbons (Fsp3) is 0.611. The van der Waals surface area contributed by atoms with E-state index in [4.69, 9.17) is 11.6 Å². The van der Waals surface area contributed by atoms with Crippen LogP contribution in [0.3, 0.4) is 0 Å². The Morgan fingerprint density at radius 1 is 1.38 bits per heavy atom. The molecule has 1 aromatic carbocycles. The predicted molar refractivity (Wildman–Crippen MR) is 101 cm³/mol. The van der Waals surface area contributed by atoms with Gasteiger partial charge in [0.25, 0.3) is 0 Å². The Labute approximate surface area is 155 Å². The molecule has 1 aromatic rings. The highest BCUT2D eigenvalue weighted by atomic mass is 35.5. The monoisotopic (exact) mass is 371 g/mol. The van der Waals surface area contributed by atoms with Crippen LogP contribution in [0, 0.1) is 0 Å². The highest BCUT2D eigenvalue weighted by molar-refractivity contribution is 6.30. The molecule has 6 heteroatoms. The minimum absolute atomic E-state index is 0. The Bertz CT molecular complexity index is 555. The first-order valence-electron chi connectivity index (χ1n) is 8.65. The number of hydrogen-bond donors (Lipinski definition) is 1. The molecule has 0 aliphatic carbocycles. The van der Waals surface area contributed by atoms with Gasteiger partial charge in [-0.25, -0.2) is 0 Å². The van der Waals surface area contributed by atoms with Gasteiger partial charge >= 0.3 is 0 Å². The van der Waals surface area contributed by atoms with Crippen LogP contribution in [0.1, 0.15) is 37.8 Å². The average molecular weight is 372 g/mol. The number of likely N-dealkylation sites (tertiary alicyclic amines) is 1. The lowest BCUT2D eigenvalue weighted by molar-refractivity contribution is -0.132. The number of amides is 1. The summed E-state index contributed by atoms with van der Waals surface area (Å²) in [5, 5.41) is 4.23. The predicted octanol–water partition coefficient (Wildman–Crippen LogP) is 3.11. The van der Waals surface area contributed by atoms with Gasteiger partial charge in [-0.3, -0.25) is 9.69 Å². The van der Waals surface area contributed by atoms with E-state index in [0.717, 1.165) is 50.6 Å². The first-order valence-corrected chi connectivity index (χ1v) is 9.02. The van der Waals surface area contributed by atoms with Crippen LogP contribution in [0.2, 0.25) is 5.02 Å². The quantitative estimate of drug-likeness (QED) is 0.882. The van der Waals surface area contributed by atoms with Crippen molar-refractivity contribution in [1.29, 1.82) is 0 Å². The first-order chi connectivity index (χ1) is 11.1. The summed E-state index contributed by atoms with van der Waals surface area (Å²) in [6, 6.07) is 8.78. The third kappa shape index (κ3) is 4.63. The maximum atomic E-state index is 12.5. The van der Waals surface area contributed by atoms with Crippen molar-refractivity contribution in [3.63, 3.8) is 0 Å². The van der Waals surface area contributed by atoms with E-state index < -0.39 is 0 Å². The van der Waals surface area contributed by atoms with Gasteiger partial charge in [-0.15, -0.1) is 12.4 Å². The van der Waals surface area contributed by atoms with Gasteiger partial charge in [-0.05, 0) is 37.5 Å². The number of nitrogens with zero attached hydrogens (tertiary/aromatic N) is 2. The van der Waals surface area contributed by atoms with Crippen LogP contribution in [0.15, 0.2) is 24.3 Å². The highest BCUT2D eigenvalue weighted by Gasteiger charge is 2.28. The van der Waals surface area contributed by atoms with Gasteiger partial charge in [-0.1, -0.05) is 23.7 Å². The van der Waals surface area contributed by atoms with E-state index in [9.17, 15) is 4.79 Å². The van der Waals surface area contributed by atoms with Gasteiger partial charge in [0.2, 0.25) is 5.91 Å². The maximum absolute atomic E-state index is 12.5. The van der Waals surface area contributed by atoms with E-state index >= 15 is 0 Å². The molecule has 3 rings (SSSR count). The number of carbonyl (C=O) groups is 1. The van der Waals surface area contributed by atoms with Gasteiger partial charge in [0.15, 0.2) is 0 Å². The molecule has 2 saturated heterocycles. The van der Waals surface area contributed by atoms with Gasteiger partial charge < -0.3 is 10.2 Å². The van der Waals surface area contributed by atoms with Crippen LogP contribution in [0.25, 0.3) is 0 Å². The molecule has 24 heavy (non-hydrogen) atoms. The molecule has 1 N–H and O–H groups in total. The molecule has 0 saturated carbocycles. The standard InChI is InChI=1S/C18H26ClN3O.ClH/c1-14-4-3-9-22(14)18(23)7-10-21-11-8-20-13-17(21)15-5-2-6-16(19)12-15;/h2,5-6,12,14,17,20H,3-4,7-11,13H2,1H3;1H. The van der Waals surface area contributed by atoms with Crippen LogP contribution in [-0.4, -0.2) is 54.5 Å². The number of rotatable bonds is 4. The molecule has 0 spiro atoms. The molecular formula is C18H27Cl2N3O. The maximum Gasteiger partial charge on any atom is 0.224 e. The van der Waals surface area contributed by atoms with Crippen molar-refractivity contribution in [3.05, 3.63) is 34.9 Å². The van der Waals surface area contributed by atoms with Crippen LogP contribution in [0.5, 0.6) is 0 Å². The average Bonchev–Trinajstić information content (AvgIpc) is 2.99. The number of nitrogens with one attached hydrogen (secondary N) is 1. The Morgan fingerprint density at radius 2 is 2.21 bits per heavy atom. The molecule has 2 unspecified atom stereocenters. The number of hydrogen-bond acceptors (Lipinski definition) is 3. The van der Waals surface area contributed by atoms with Crippen molar-refractivity contribution in [2.24, 2.45) is 0 Å². The minimum Gasteiger partial charge on any atom is -0.340 e. The van der Waals surface area contributed by atoms with Crippen molar-refractivity contribution in [1.82, 2.24) is 15.1 Å². The summed E-state index contributed by atoms with van der Waals surface area (Å²) in [6.07, 6.45) is 2.90. The molecule has 4 nitrogen and oxygen atoms in total. The molecule has 1 amide bonds. The zero-order valence-corrected chi connectivity index (χ0v) is 15.8. The number of halogens is 2. The van der Waals surface area contributed by atoms with E-state index in [0.29, 0.717) is 24.4 Å². The normalized spacial score (nSPS) is 24.7.